The first-order valence-electron chi connectivity index (χ1n) is 6.81. The minimum Gasteiger partial charge on any atom is -0.504 e. The summed E-state index contributed by atoms with van der Waals surface area (Å²) in [4.78, 5) is 7.60. The molecule has 0 radical (unpaired) electrons. The molecule has 4 aromatic rings. The second-order valence-electron chi connectivity index (χ2n) is 4.97. The third-order valence-electron chi connectivity index (χ3n) is 3.54. The van der Waals surface area contributed by atoms with Crippen molar-refractivity contribution < 1.29 is 22.7 Å². The second-order valence-corrected chi connectivity index (χ2v) is 4.97. The molecule has 0 aliphatic heterocycles. The Kier molecular flexibility index (Phi) is 3.05. The van der Waals surface area contributed by atoms with Crippen LogP contribution in [0.2, 0.25) is 0 Å². The van der Waals surface area contributed by atoms with Crippen LogP contribution in [0.4, 0.5) is 13.2 Å². The molecule has 2 heterocycles. The number of aromatic hydroxyl groups is 1. The van der Waals surface area contributed by atoms with Crippen LogP contribution >= 0.6 is 0 Å². The molecule has 0 saturated carbocycles. The Morgan fingerprint density at radius 3 is 2.54 bits per heavy atom. The van der Waals surface area contributed by atoms with Crippen LogP contribution in [0.5, 0.6) is 5.75 Å². The van der Waals surface area contributed by atoms with Gasteiger partial charge in [-0.3, -0.25) is 0 Å². The lowest BCUT2D eigenvalue weighted by Crippen LogP contribution is -2.05. The molecule has 2 aromatic heterocycles. The Labute approximate surface area is 132 Å². The summed E-state index contributed by atoms with van der Waals surface area (Å²) >= 11 is 0. The van der Waals surface area contributed by atoms with Crippen LogP contribution in [0.1, 0.15) is 0 Å². The molecular formula is C16H8F3N3O2. The van der Waals surface area contributed by atoms with Crippen LogP contribution in [0.25, 0.3) is 28.2 Å². The molecule has 24 heavy (non-hydrogen) atoms. The smallest absolute Gasteiger partial charge is 0.234 e. The number of phenolic OH excluding ortho intramolecular Hbond substituents is 1. The number of oxazole rings is 1. The maximum absolute atomic E-state index is 14.5. The summed E-state index contributed by atoms with van der Waals surface area (Å²) in [6.45, 7) is 0. The molecule has 120 valence electrons. The van der Waals surface area contributed by atoms with Crippen molar-refractivity contribution in [3.05, 3.63) is 60.4 Å². The average Bonchev–Trinajstić information content (AvgIpc) is 3.22. The maximum Gasteiger partial charge on any atom is 0.234 e. The minimum absolute atomic E-state index is 0.297. The summed E-state index contributed by atoms with van der Waals surface area (Å²) < 4.78 is 49.5. The van der Waals surface area contributed by atoms with Crippen molar-refractivity contribution >= 4 is 11.1 Å². The lowest BCUT2D eigenvalue weighted by molar-refractivity contribution is 0.410. The predicted molar refractivity (Wildman–Crippen MR) is 78.1 cm³/mol. The van der Waals surface area contributed by atoms with Gasteiger partial charge in [0, 0.05) is 12.4 Å². The van der Waals surface area contributed by atoms with Gasteiger partial charge in [0.15, 0.2) is 28.8 Å². The summed E-state index contributed by atoms with van der Waals surface area (Å²) in [6, 6.07) is 6.49. The molecule has 0 saturated heterocycles. The third-order valence-corrected chi connectivity index (χ3v) is 3.54. The van der Waals surface area contributed by atoms with Crippen LogP contribution in [-0.4, -0.2) is 19.6 Å². The second kappa shape index (κ2) is 5.12. The van der Waals surface area contributed by atoms with Crippen LogP contribution in [0, 0.1) is 17.5 Å². The van der Waals surface area contributed by atoms with E-state index >= 15 is 0 Å². The molecule has 0 atom stereocenters. The highest BCUT2D eigenvalue weighted by atomic mass is 19.2. The Balaban J connectivity index is 2.00. The standard InChI is InChI=1S/C16H8F3N3O2/c17-11-10(16-21-8-3-1-2-4-9(8)24-16)15(23)13(19)14(12(11)18)22-6-5-20-7-22/h1-7,23H. The van der Waals surface area contributed by atoms with Gasteiger partial charge < -0.3 is 14.1 Å². The Morgan fingerprint density at radius 1 is 1.04 bits per heavy atom. The molecule has 0 unspecified atom stereocenters. The average molecular weight is 331 g/mol. The largest absolute Gasteiger partial charge is 0.504 e. The molecule has 2 aromatic carbocycles. The van der Waals surface area contributed by atoms with Gasteiger partial charge in [0.2, 0.25) is 5.89 Å². The fourth-order valence-corrected chi connectivity index (χ4v) is 2.43. The molecule has 5 nitrogen and oxygen atoms in total. The molecule has 8 heteroatoms. The van der Waals surface area contributed by atoms with Crippen LogP contribution < -0.4 is 0 Å². The van der Waals surface area contributed by atoms with Crippen LogP contribution in [-0.2, 0) is 0 Å². The first-order valence-corrected chi connectivity index (χ1v) is 6.81. The van der Waals surface area contributed by atoms with Crippen molar-refractivity contribution in [3.63, 3.8) is 0 Å². The maximum atomic E-state index is 14.5. The van der Waals surface area contributed by atoms with Gasteiger partial charge in [0.25, 0.3) is 0 Å². The highest BCUT2D eigenvalue weighted by molar-refractivity contribution is 5.78. The molecule has 0 fully saturated rings. The zero-order valence-electron chi connectivity index (χ0n) is 11.9. The van der Waals surface area contributed by atoms with Crippen molar-refractivity contribution in [2.75, 3.05) is 0 Å². The zero-order valence-corrected chi connectivity index (χ0v) is 11.9. The first-order chi connectivity index (χ1) is 11.6. The van der Waals surface area contributed by atoms with Gasteiger partial charge >= 0.3 is 0 Å². The molecule has 0 aliphatic carbocycles. The van der Waals surface area contributed by atoms with Gasteiger partial charge in [-0.05, 0) is 12.1 Å². The van der Waals surface area contributed by atoms with E-state index in [2.05, 4.69) is 9.97 Å². The van der Waals surface area contributed by atoms with E-state index in [-0.39, 0.29) is 0 Å². The molecular weight excluding hydrogens is 323 g/mol. The van der Waals surface area contributed by atoms with Crippen molar-refractivity contribution in [2.45, 2.75) is 0 Å². The highest BCUT2D eigenvalue weighted by Crippen LogP contribution is 2.39. The Hall–Kier alpha value is -3.29. The lowest BCUT2D eigenvalue weighted by atomic mass is 10.1. The summed E-state index contributed by atoms with van der Waals surface area (Å²) in [5.74, 6) is -5.81. The fourth-order valence-electron chi connectivity index (χ4n) is 2.43. The molecule has 0 aliphatic rings. The van der Waals surface area contributed by atoms with Crippen LogP contribution in [0.15, 0.2) is 47.4 Å². The molecule has 0 bridgehead atoms. The molecule has 1 N–H and O–H groups in total. The number of rotatable bonds is 2. The van der Waals surface area contributed by atoms with Gasteiger partial charge in [0.05, 0.1) is 6.33 Å². The highest BCUT2D eigenvalue weighted by Gasteiger charge is 2.29. The van der Waals surface area contributed by atoms with Crippen molar-refractivity contribution in [1.82, 2.24) is 14.5 Å². The normalized spacial score (nSPS) is 11.3. The molecule has 0 amide bonds. The number of imidazole rings is 1. The lowest BCUT2D eigenvalue weighted by Gasteiger charge is -2.11. The number of nitrogens with zero attached hydrogens (tertiary/aromatic N) is 3. The number of halogens is 3. The minimum atomic E-state index is -1.49. The van der Waals surface area contributed by atoms with Gasteiger partial charge in [-0.1, -0.05) is 12.1 Å². The summed E-state index contributed by atoms with van der Waals surface area (Å²) in [6.07, 6.45) is 3.57. The monoisotopic (exact) mass is 331 g/mol. The topological polar surface area (TPSA) is 64.1 Å². The number of hydrogen-bond donors (Lipinski definition) is 1. The number of phenols is 1. The number of fused-ring (bicyclic) bond motifs is 1. The van der Waals surface area contributed by atoms with E-state index in [1.54, 1.807) is 24.3 Å². The zero-order chi connectivity index (χ0) is 16.8. The summed E-state index contributed by atoms with van der Waals surface area (Å²) in [5.41, 5.74) is -0.885. The number of aromatic nitrogens is 3. The third kappa shape index (κ3) is 1.96. The summed E-state index contributed by atoms with van der Waals surface area (Å²) in [5, 5.41) is 10.0. The number of para-hydroxylation sites is 2. The van der Waals surface area contributed by atoms with Gasteiger partial charge in [0.1, 0.15) is 16.8 Å². The van der Waals surface area contributed by atoms with Gasteiger partial charge in [-0.25, -0.2) is 23.1 Å². The predicted octanol–water partition coefficient (Wildman–Crippen LogP) is 3.80. The van der Waals surface area contributed by atoms with E-state index in [4.69, 9.17) is 4.42 Å². The summed E-state index contributed by atoms with van der Waals surface area (Å²) in [7, 11) is 0. The number of benzene rings is 2. The van der Waals surface area contributed by atoms with E-state index < -0.39 is 40.3 Å². The van der Waals surface area contributed by atoms with Crippen molar-refractivity contribution in [1.29, 1.82) is 0 Å². The molecule has 4 rings (SSSR count). The van der Waals surface area contributed by atoms with Crippen molar-refractivity contribution in [2.24, 2.45) is 0 Å². The fraction of sp³-hybridized carbons (Fsp3) is 0. The van der Waals surface area contributed by atoms with Gasteiger partial charge in [-0.2, -0.15) is 0 Å². The van der Waals surface area contributed by atoms with Crippen molar-refractivity contribution in [3.8, 4) is 22.9 Å². The Morgan fingerprint density at radius 2 is 1.83 bits per heavy atom. The van der Waals surface area contributed by atoms with E-state index in [0.717, 1.165) is 10.9 Å². The van der Waals surface area contributed by atoms with E-state index in [1.807, 2.05) is 0 Å². The molecule has 0 spiro atoms. The van der Waals surface area contributed by atoms with E-state index in [0.29, 0.717) is 11.1 Å². The Bertz CT molecular complexity index is 996. The quantitative estimate of drug-likeness (QED) is 0.568. The number of hydrogen-bond acceptors (Lipinski definition) is 4. The van der Waals surface area contributed by atoms with E-state index in [1.165, 1.54) is 12.4 Å². The van der Waals surface area contributed by atoms with Crippen LogP contribution in [0.3, 0.4) is 0 Å². The SMILES string of the molecule is Oc1c(F)c(-n2ccnc2)c(F)c(F)c1-c1nc2ccccc2o1. The van der Waals surface area contributed by atoms with Gasteiger partial charge in [-0.15, -0.1) is 0 Å². The first kappa shape index (κ1) is 14.3. The van der Waals surface area contributed by atoms with E-state index in [9.17, 15) is 18.3 Å².